The highest BCUT2D eigenvalue weighted by Gasteiger charge is 2.23. The number of halogens is 1. The van der Waals surface area contributed by atoms with E-state index < -0.39 is 5.82 Å². The van der Waals surface area contributed by atoms with E-state index >= 15 is 0 Å². The van der Waals surface area contributed by atoms with Crippen LogP contribution >= 0.6 is 0 Å². The van der Waals surface area contributed by atoms with Crippen molar-refractivity contribution in [3.05, 3.63) is 23.5 Å². The molecule has 1 unspecified atom stereocenters. The fraction of sp³-hybridized carbons (Fsp3) is 0.462. The topological polar surface area (TPSA) is 64.3 Å². The third-order valence-corrected chi connectivity index (χ3v) is 3.24. The number of carbonyl (C=O) groups is 1. The molecule has 0 aromatic heterocycles. The van der Waals surface area contributed by atoms with E-state index in [2.05, 4.69) is 5.32 Å². The predicted octanol–water partition coefficient (Wildman–Crippen LogP) is 2.08. The highest BCUT2D eigenvalue weighted by molar-refractivity contribution is 5.94. The highest BCUT2D eigenvalue weighted by atomic mass is 19.1. The smallest absolute Gasteiger partial charge is 0.229 e. The van der Waals surface area contributed by atoms with Gasteiger partial charge in [-0.2, -0.15) is 0 Å². The number of amides is 1. The monoisotopic (exact) mass is 252 g/mol. The molecule has 1 atom stereocenters. The van der Waals surface area contributed by atoms with Crippen molar-refractivity contribution in [3.8, 4) is 0 Å². The van der Waals surface area contributed by atoms with Gasteiger partial charge < -0.3 is 15.8 Å². The number of anilines is 2. The summed E-state index contributed by atoms with van der Waals surface area (Å²) in [5.74, 6) is -0.881. The largest absolute Gasteiger partial charge is 0.398 e. The van der Waals surface area contributed by atoms with Gasteiger partial charge in [0.15, 0.2) is 0 Å². The van der Waals surface area contributed by atoms with E-state index in [0.717, 1.165) is 12.8 Å². The van der Waals surface area contributed by atoms with Crippen molar-refractivity contribution in [2.24, 2.45) is 5.92 Å². The minimum absolute atomic E-state index is 0.172. The first-order chi connectivity index (χ1) is 8.59. The van der Waals surface area contributed by atoms with Crippen LogP contribution in [0, 0.1) is 18.7 Å². The van der Waals surface area contributed by atoms with Crippen molar-refractivity contribution in [2.45, 2.75) is 19.8 Å². The Morgan fingerprint density at radius 2 is 2.33 bits per heavy atom. The van der Waals surface area contributed by atoms with Gasteiger partial charge in [0.05, 0.1) is 18.2 Å². The first-order valence-electron chi connectivity index (χ1n) is 6.02. The van der Waals surface area contributed by atoms with Gasteiger partial charge in [-0.3, -0.25) is 4.79 Å². The second-order valence-corrected chi connectivity index (χ2v) is 4.54. The average molecular weight is 252 g/mol. The summed E-state index contributed by atoms with van der Waals surface area (Å²) >= 11 is 0. The van der Waals surface area contributed by atoms with Crippen LogP contribution in [0.3, 0.4) is 0 Å². The van der Waals surface area contributed by atoms with E-state index in [1.807, 2.05) is 0 Å². The van der Waals surface area contributed by atoms with Gasteiger partial charge in [0.1, 0.15) is 5.82 Å². The molecule has 1 fully saturated rings. The van der Waals surface area contributed by atoms with Gasteiger partial charge in [-0.15, -0.1) is 0 Å². The molecule has 2 rings (SSSR count). The van der Waals surface area contributed by atoms with Crippen molar-refractivity contribution in [3.63, 3.8) is 0 Å². The van der Waals surface area contributed by atoms with E-state index in [1.165, 1.54) is 12.1 Å². The molecule has 18 heavy (non-hydrogen) atoms. The van der Waals surface area contributed by atoms with Gasteiger partial charge >= 0.3 is 0 Å². The predicted molar refractivity (Wildman–Crippen MR) is 67.7 cm³/mol. The number of carbonyl (C=O) groups excluding carboxylic acids is 1. The van der Waals surface area contributed by atoms with Crippen molar-refractivity contribution < 1.29 is 13.9 Å². The molecule has 1 heterocycles. The number of nitrogens with two attached hydrogens (primary N) is 1. The van der Waals surface area contributed by atoms with Crippen LogP contribution in [-0.2, 0) is 9.53 Å². The van der Waals surface area contributed by atoms with E-state index in [4.69, 9.17) is 10.5 Å². The van der Waals surface area contributed by atoms with Crippen molar-refractivity contribution >= 4 is 17.3 Å². The second-order valence-electron chi connectivity index (χ2n) is 4.54. The maximum atomic E-state index is 13.7. The van der Waals surface area contributed by atoms with Crippen molar-refractivity contribution in [1.82, 2.24) is 0 Å². The fourth-order valence-electron chi connectivity index (χ4n) is 2.02. The number of nitrogens with one attached hydrogen (secondary N) is 1. The van der Waals surface area contributed by atoms with E-state index in [1.54, 1.807) is 6.92 Å². The fourth-order valence-corrected chi connectivity index (χ4v) is 2.02. The lowest BCUT2D eigenvalue weighted by Crippen LogP contribution is -2.30. The summed E-state index contributed by atoms with van der Waals surface area (Å²) < 4.78 is 18.9. The Labute approximate surface area is 105 Å². The first-order valence-corrected chi connectivity index (χ1v) is 6.02. The van der Waals surface area contributed by atoms with Crippen LogP contribution in [0.25, 0.3) is 0 Å². The third-order valence-electron chi connectivity index (χ3n) is 3.24. The Bertz CT molecular complexity index is 457. The second kappa shape index (κ2) is 5.35. The van der Waals surface area contributed by atoms with Crippen LogP contribution in [0.4, 0.5) is 15.8 Å². The van der Waals surface area contributed by atoms with Gasteiger partial charge in [-0.25, -0.2) is 4.39 Å². The van der Waals surface area contributed by atoms with Crippen LogP contribution in [0.15, 0.2) is 12.1 Å². The minimum Gasteiger partial charge on any atom is -0.398 e. The van der Waals surface area contributed by atoms with Gasteiger partial charge in [0, 0.05) is 12.3 Å². The normalized spacial score (nSPS) is 19.6. The molecule has 0 bridgehead atoms. The SMILES string of the molecule is Cc1c(N)ccc(F)c1NC(=O)C1CCCOC1. The standard InChI is InChI=1S/C13H17FN2O2/c1-8-11(15)5-4-10(14)12(8)16-13(17)9-3-2-6-18-7-9/h4-5,9H,2-3,6-7,15H2,1H3,(H,16,17). The molecule has 0 aliphatic carbocycles. The Morgan fingerprint density at radius 3 is 3.00 bits per heavy atom. The zero-order chi connectivity index (χ0) is 13.1. The lowest BCUT2D eigenvalue weighted by Gasteiger charge is -2.22. The number of ether oxygens (including phenoxy) is 1. The van der Waals surface area contributed by atoms with Crippen LogP contribution < -0.4 is 11.1 Å². The van der Waals surface area contributed by atoms with Gasteiger partial charge in [0.25, 0.3) is 0 Å². The Balaban J connectivity index is 2.13. The van der Waals surface area contributed by atoms with Gasteiger partial charge in [-0.1, -0.05) is 0 Å². The summed E-state index contributed by atoms with van der Waals surface area (Å²) in [5, 5.41) is 2.62. The molecule has 0 radical (unpaired) electrons. The summed E-state index contributed by atoms with van der Waals surface area (Å²) in [6.45, 7) is 2.77. The van der Waals surface area contributed by atoms with Crippen LogP contribution in [0.5, 0.6) is 0 Å². The number of rotatable bonds is 2. The molecule has 0 saturated carbocycles. The zero-order valence-corrected chi connectivity index (χ0v) is 10.3. The zero-order valence-electron chi connectivity index (χ0n) is 10.3. The van der Waals surface area contributed by atoms with Crippen LogP contribution in [0.2, 0.25) is 0 Å². The summed E-state index contributed by atoms with van der Waals surface area (Å²) in [4.78, 5) is 12.0. The minimum atomic E-state index is -0.466. The van der Waals surface area contributed by atoms with Crippen LogP contribution in [0.1, 0.15) is 18.4 Å². The van der Waals surface area contributed by atoms with E-state index in [9.17, 15) is 9.18 Å². The Morgan fingerprint density at radius 1 is 1.56 bits per heavy atom. The van der Waals surface area contributed by atoms with E-state index in [-0.39, 0.29) is 17.5 Å². The summed E-state index contributed by atoms with van der Waals surface area (Å²) in [6.07, 6.45) is 1.63. The molecule has 1 saturated heterocycles. The van der Waals surface area contributed by atoms with Crippen molar-refractivity contribution in [2.75, 3.05) is 24.3 Å². The number of hydrogen-bond donors (Lipinski definition) is 2. The molecule has 5 heteroatoms. The van der Waals surface area contributed by atoms with Gasteiger partial charge in [-0.05, 0) is 37.5 Å². The molecule has 98 valence electrons. The average Bonchev–Trinajstić information content (AvgIpc) is 2.40. The highest BCUT2D eigenvalue weighted by Crippen LogP contribution is 2.26. The summed E-state index contributed by atoms with van der Waals surface area (Å²) in [5.41, 5.74) is 6.89. The Kier molecular flexibility index (Phi) is 3.81. The maximum Gasteiger partial charge on any atom is 0.229 e. The molecule has 1 aliphatic rings. The van der Waals surface area contributed by atoms with Crippen LogP contribution in [-0.4, -0.2) is 19.1 Å². The number of hydrogen-bond acceptors (Lipinski definition) is 3. The number of nitrogen functional groups attached to an aromatic ring is 1. The quantitative estimate of drug-likeness (QED) is 0.792. The molecule has 4 nitrogen and oxygen atoms in total. The molecular weight excluding hydrogens is 235 g/mol. The van der Waals surface area contributed by atoms with E-state index in [0.29, 0.717) is 24.5 Å². The molecular formula is C13H17FN2O2. The lowest BCUT2D eigenvalue weighted by atomic mass is 10.0. The Hall–Kier alpha value is -1.62. The molecule has 1 aliphatic heterocycles. The number of benzene rings is 1. The van der Waals surface area contributed by atoms with Gasteiger partial charge in [0.2, 0.25) is 5.91 Å². The van der Waals surface area contributed by atoms with Crippen molar-refractivity contribution in [1.29, 1.82) is 0 Å². The maximum absolute atomic E-state index is 13.7. The molecule has 3 N–H and O–H groups in total. The lowest BCUT2D eigenvalue weighted by molar-refractivity contribution is -0.123. The summed E-state index contributed by atoms with van der Waals surface area (Å²) in [6, 6.07) is 2.75. The molecule has 1 aromatic carbocycles. The molecule has 1 aromatic rings. The summed E-state index contributed by atoms with van der Waals surface area (Å²) in [7, 11) is 0. The molecule has 0 spiro atoms. The molecule has 1 amide bonds. The third kappa shape index (κ3) is 2.61. The first kappa shape index (κ1) is 12.8.